The second-order valence-corrected chi connectivity index (χ2v) is 10.1. The number of thioether (sulfide) groups is 1. The molecule has 0 aliphatic heterocycles. The molecule has 4 aromatic rings. The molecular weight excluding hydrogens is 437 g/mol. The molecule has 0 radical (unpaired) electrons. The molecule has 0 fully saturated rings. The summed E-state index contributed by atoms with van der Waals surface area (Å²) in [6, 6.07) is 12.9. The number of nitrogens with one attached hydrogen (secondary N) is 1. The van der Waals surface area contributed by atoms with E-state index >= 15 is 0 Å². The number of hydrogen-bond donors (Lipinski definition) is 1. The number of amides is 1. The predicted octanol–water partition coefficient (Wildman–Crippen LogP) is 5.12. The highest BCUT2D eigenvalue weighted by molar-refractivity contribution is 8.00. The van der Waals surface area contributed by atoms with Crippen molar-refractivity contribution in [2.24, 2.45) is 5.92 Å². The van der Waals surface area contributed by atoms with Crippen LogP contribution < -0.4 is 5.32 Å². The van der Waals surface area contributed by atoms with Crippen LogP contribution in [0.3, 0.4) is 0 Å². The molecule has 1 amide bonds. The van der Waals surface area contributed by atoms with Crippen LogP contribution in [0.5, 0.6) is 0 Å². The lowest BCUT2D eigenvalue weighted by molar-refractivity contribution is -0.121. The van der Waals surface area contributed by atoms with Gasteiger partial charge in [-0.2, -0.15) is 0 Å². The van der Waals surface area contributed by atoms with Crippen molar-refractivity contribution in [1.82, 2.24) is 25.1 Å². The number of benzene rings is 2. The summed E-state index contributed by atoms with van der Waals surface area (Å²) in [5.41, 5.74) is 3.87. The Hall–Kier alpha value is -3.00. The van der Waals surface area contributed by atoms with Crippen LogP contribution in [0.1, 0.15) is 38.8 Å². The molecule has 6 nitrogen and oxygen atoms in total. The number of nitrogens with zero attached hydrogens (tertiary/aromatic N) is 4. The summed E-state index contributed by atoms with van der Waals surface area (Å²) >= 11 is 1.27. The first-order valence-electron chi connectivity index (χ1n) is 11.1. The molecule has 2 heterocycles. The monoisotopic (exact) mass is 465 g/mol. The van der Waals surface area contributed by atoms with E-state index in [1.807, 2.05) is 49.6 Å². The standard InChI is InChI=1S/C25H28FN5OS/c1-14(2)16(4)27-24(32)17(5)33-25-28-23-22(29-30-25)19-12-15(3)10-11-21(19)31(23)13-18-8-6-7-9-20(18)26/h6-12,14,16-17H,13H2,1-5H3,(H,27,32). The van der Waals surface area contributed by atoms with Crippen LogP contribution in [0.25, 0.3) is 22.1 Å². The SMILES string of the molecule is Cc1ccc2c(c1)c1nnc(SC(C)C(=O)NC(C)C(C)C)nc1n2Cc1ccccc1F. The van der Waals surface area contributed by atoms with Gasteiger partial charge in [-0.05, 0) is 44.9 Å². The number of hydrogen-bond acceptors (Lipinski definition) is 5. The maximum absolute atomic E-state index is 14.4. The minimum absolute atomic E-state index is 0.0626. The predicted molar refractivity (Wildman–Crippen MR) is 131 cm³/mol. The molecular formula is C25H28FN5OS. The van der Waals surface area contributed by atoms with Crippen molar-refractivity contribution in [2.75, 3.05) is 0 Å². The third-order valence-corrected chi connectivity index (χ3v) is 6.86. The van der Waals surface area contributed by atoms with Crippen molar-refractivity contribution in [1.29, 1.82) is 0 Å². The Morgan fingerprint density at radius 1 is 1.12 bits per heavy atom. The third kappa shape index (κ3) is 4.85. The van der Waals surface area contributed by atoms with Crippen LogP contribution in [0.2, 0.25) is 0 Å². The molecule has 2 aromatic heterocycles. The van der Waals surface area contributed by atoms with Gasteiger partial charge >= 0.3 is 0 Å². The quantitative estimate of drug-likeness (QED) is 0.384. The maximum Gasteiger partial charge on any atom is 0.233 e. The molecule has 8 heteroatoms. The van der Waals surface area contributed by atoms with E-state index in [-0.39, 0.29) is 23.0 Å². The molecule has 0 saturated carbocycles. The Bertz CT molecular complexity index is 1320. The van der Waals surface area contributed by atoms with Gasteiger partial charge in [0.05, 0.1) is 17.3 Å². The van der Waals surface area contributed by atoms with Crippen molar-refractivity contribution in [3.63, 3.8) is 0 Å². The topological polar surface area (TPSA) is 72.7 Å². The molecule has 0 saturated heterocycles. The average Bonchev–Trinajstić information content (AvgIpc) is 3.07. The molecule has 2 atom stereocenters. The van der Waals surface area contributed by atoms with Crippen molar-refractivity contribution in [3.8, 4) is 0 Å². The molecule has 0 spiro atoms. The average molecular weight is 466 g/mol. The highest BCUT2D eigenvalue weighted by atomic mass is 32.2. The number of aryl methyl sites for hydroxylation is 1. The second kappa shape index (κ2) is 9.47. The Morgan fingerprint density at radius 2 is 1.88 bits per heavy atom. The van der Waals surface area contributed by atoms with Crippen LogP contribution in [0, 0.1) is 18.7 Å². The fourth-order valence-electron chi connectivity index (χ4n) is 3.58. The van der Waals surface area contributed by atoms with E-state index in [4.69, 9.17) is 4.98 Å². The number of rotatable bonds is 7. The first-order valence-corrected chi connectivity index (χ1v) is 12.0. The van der Waals surface area contributed by atoms with Crippen molar-refractivity contribution in [3.05, 3.63) is 59.4 Å². The van der Waals surface area contributed by atoms with Gasteiger partial charge in [-0.3, -0.25) is 4.79 Å². The molecule has 2 aromatic carbocycles. The molecule has 172 valence electrons. The fraction of sp³-hybridized carbons (Fsp3) is 0.360. The highest BCUT2D eigenvalue weighted by Crippen LogP contribution is 2.30. The molecule has 4 rings (SSSR count). The Balaban J connectivity index is 1.72. The van der Waals surface area contributed by atoms with Crippen molar-refractivity contribution in [2.45, 2.75) is 57.6 Å². The van der Waals surface area contributed by atoms with Crippen LogP contribution in [-0.2, 0) is 11.3 Å². The van der Waals surface area contributed by atoms with Gasteiger partial charge in [-0.25, -0.2) is 9.37 Å². The van der Waals surface area contributed by atoms with Gasteiger partial charge in [0.2, 0.25) is 11.1 Å². The zero-order valence-corrected chi connectivity index (χ0v) is 20.3. The number of aromatic nitrogens is 4. The van der Waals surface area contributed by atoms with Gasteiger partial charge < -0.3 is 9.88 Å². The first-order chi connectivity index (χ1) is 15.7. The summed E-state index contributed by atoms with van der Waals surface area (Å²) in [7, 11) is 0. The summed E-state index contributed by atoms with van der Waals surface area (Å²) in [5.74, 6) is 0.0196. The fourth-order valence-corrected chi connectivity index (χ4v) is 4.30. The summed E-state index contributed by atoms with van der Waals surface area (Å²) in [4.78, 5) is 17.3. The Kier molecular flexibility index (Phi) is 6.65. The van der Waals surface area contributed by atoms with E-state index in [9.17, 15) is 9.18 Å². The van der Waals surface area contributed by atoms with Crippen LogP contribution >= 0.6 is 11.8 Å². The lowest BCUT2D eigenvalue weighted by atomic mass is 10.1. The van der Waals surface area contributed by atoms with E-state index in [2.05, 4.69) is 29.4 Å². The molecule has 33 heavy (non-hydrogen) atoms. The number of carbonyl (C=O) groups is 1. The summed E-state index contributed by atoms with van der Waals surface area (Å²) in [6.45, 7) is 10.3. The van der Waals surface area contributed by atoms with Gasteiger partial charge in [0.15, 0.2) is 5.65 Å². The van der Waals surface area contributed by atoms with E-state index in [1.54, 1.807) is 12.1 Å². The lowest BCUT2D eigenvalue weighted by Gasteiger charge is -2.19. The van der Waals surface area contributed by atoms with E-state index < -0.39 is 0 Å². The Labute approximate surface area is 197 Å². The lowest BCUT2D eigenvalue weighted by Crippen LogP contribution is -2.40. The van der Waals surface area contributed by atoms with Crippen molar-refractivity contribution < 1.29 is 9.18 Å². The molecule has 0 aliphatic carbocycles. The zero-order valence-electron chi connectivity index (χ0n) is 19.5. The van der Waals surface area contributed by atoms with E-state index in [1.165, 1.54) is 17.8 Å². The first kappa shape index (κ1) is 23.2. The summed E-state index contributed by atoms with van der Waals surface area (Å²) < 4.78 is 16.4. The molecule has 0 aliphatic rings. The van der Waals surface area contributed by atoms with Gasteiger partial charge in [-0.15, -0.1) is 10.2 Å². The number of fused-ring (bicyclic) bond motifs is 3. The van der Waals surface area contributed by atoms with Gasteiger partial charge in [0.1, 0.15) is 11.3 Å². The molecule has 1 N–H and O–H groups in total. The van der Waals surface area contributed by atoms with Gasteiger partial charge in [0, 0.05) is 17.0 Å². The number of halogens is 1. The third-order valence-electron chi connectivity index (χ3n) is 5.91. The molecule has 2 unspecified atom stereocenters. The minimum atomic E-state index is -0.378. The van der Waals surface area contributed by atoms with E-state index in [0.717, 1.165) is 16.5 Å². The molecule has 0 bridgehead atoms. The smallest absolute Gasteiger partial charge is 0.233 e. The van der Waals surface area contributed by atoms with Gasteiger partial charge in [-0.1, -0.05) is 55.4 Å². The van der Waals surface area contributed by atoms with Crippen LogP contribution in [-0.4, -0.2) is 36.9 Å². The number of carbonyl (C=O) groups excluding carboxylic acids is 1. The second-order valence-electron chi connectivity index (χ2n) is 8.77. The van der Waals surface area contributed by atoms with Crippen LogP contribution in [0.15, 0.2) is 47.6 Å². The normalized spacial score (nSPS) is 13.5. The largest absolute Gasteiger partial charge is 0.352 e. The summed E-state index contributed by atoms with van der Waals surface area (Å²) in [5, 5.41) is 12.7. The highest BCUT2D eigenvalue weighted by Gasteiger charge is 2.21. The summed E-state index contributed by atoms with van der Waals surface area (Å²) in [6.07, 6.45) is 0. The van der Waals surface area contributed by atoms with E-state index in [0.29, 0.717) is 34.3 Å². The van der Waals surface area contributed by atoms with Crippen LogP contribution in [0.4, 0.5) is 4.39 Å². The van der Waals surface area contributed by atoms with Crippen molar-refractivity contribution >= 4 is 39.7 Å². The maximum atomic E-state index is 14.4. The van der Waals surface area contributed by atoms with Gasteiger partial charge in [0.25, 0.3) is 0 Å². The zero-order chi connectivity index (χ0) is 23.7. The minimum Gasteiger partial charge on any atom is -0.352 e. The Morgan fingerprint density at radius 3 is 2.61 bits per heavy atom.